The number of carbonyl (C=O) groups is 1. The maximum absolute atomic E-state index is 11.9. The van der Waals surface area contributed by atoms with Crippen LogP contribution in [-0.2, 0) is 0 Å². The lowest BCUT2D eigenvalue weighted by Crippen LogP contribution is -2.34. The van der Waals surface area contributed by atoms with E-state index in [1.54, 1.807) is 6.08 Å². The average molecular weight is 352 g/mol. The lowest BCUT2D eigenvalue weighted by Gasteiger charge is -2.14. The van der Waals surface area contributed by atoms with Crippen LogP contribution in [0, 0.1) is 0 Å². The second-order valence-electron chi connectivity index (χ2n) is 3.82. The molecule has 0 unspecified atom stereocenters. The van der Waals surface area contributed by atoms with Crippen molar-refractivity contribution in [1.82, 2.24) is 15.3 Å². The molecule has 4 nitrogen and oxygen atoms in total. The molecule has 1 heterocycles. The van der Waals surface area contributed by atoms with Gasteiger partial charge in [-0.1, -0.05) is 44.7 Å². The van der Waals surface area contributed by atoms with Gasteiger partial charge in [0.2, 0.25) is 5.82 Å². The lowest BCUT2D eigenvalue weighted by molar-refractivity contribution is 0.0935. The first-order chi connectivity index (χ1) is 10.1. The summed E-state index contributed by atoms with van der Waals surface area (Å²) in [6.45, 7) is 11.5. The number of nitrogens with one attached hydrogen (secondary N) is 1. The van der Waals surface area contributed by atoms with Crippen LogP contribution in [-0.4, -0.2) is 21.9 Å². The summed E-state index contributed by atoms with van der Waals surface area (Å²) in [6, 6.07) is -0.159. The van der Waals surface area contributed by atoms with Gasteiger partial charge in [0.1, 0.15) is 0 Å². The minimum Gasteiger partial charge on any atom is -0.343 e. The maximum atomic E-state index is 11.9. The molecule has 21 heavy (non-hydrogen) atoms. The predicted octanol–water partition coefficient (Wildman–Crippen LogP) is 4.07. The summed E-state index contributed by atoms with van der Waals surface area (Å²) in [7, 11) is 0. The van der Waals surface area contributed by atoms with Crippen LogP contribution in [0.5, 0.6) is 0 Å². The number of rotatable bonds is 5. The molecular formula is C16H22BrN3O. The number of nitrogens with zero attached hydrogens (tertiary/aromatic N) is 2. The van der Waals surface area contributed by atoms with Crippen LogP contribution in [0.1, 0.15) is 38.3 Å². The van der Waals surface area contributed by atoms with E-state index in [4.69, 9.17) is 0 Å². The molecule has 0 aliphatic rings. The van der Waals surface area contributed by atoms with Crippen LogP contribution in [0.15, 0.2) is 53.3 Å². The van der Waals surface area contributed by atoms with E-state index in [2.05, 4.69) is 37.8 Å². The Kier molecular flexibility index (Phi) is 10.1. The van der Waals surface area contributed by atoms with E-state index >= 15 is 0 Å². The molecule has 114 valence electrons. The molecule has 1 N–H and O–H groups in total. The van der Waals surface area contributed by atoms with Gasteiger partial charge in [-0.25, -0.2) is 9.97 Å². The van der Waals surface area contributed by atoms with Crippen LogP contribution in [0.3, 0.4) is 0 Å². The van der Waals surface area contributed by atoms with E-state index in [-0.39, 0.29) is 17.8 Å². The van der Waals surface area contributed by atoms with Crippen molar-refractivity contribution in [2.75, 3.05) is 0 Å². The van der Waals surface area contributed by atoms with Crippen LogP contribution in [0.2, 0.25) is 0 Å². The van der Waals surface area contributed by atoms with Crippen LogP contribution < -0.4 is 5.32 Å². The quantitative estimate of drug-likeness (QED) is 0.813. The number of aromatic nitrogens is 2. The fourth-order valence-corrected chi connectivity index (χ4v) is 1.58. The van der Waals surface area contributed by atoms with Crippen LogP contribution >= 0.6 is 15.9 Å². The molecule has 0 aliphatic heterocycles. The molecule has 0 fully saturated rings. The molecule has 1 atom stereocenters. The van der Waals surface area contributed by atoms with Gasteiger partial charge >= 0.3 is 0 Å². The highest BCUT2D eigenvalue weighted by atomic mass is 79.9. The average Bonchev–Trinajstić information content (AvgIpc) is 2.50. The van der Waals surface area contributed by atoms with Gasteiger partial charge in [-0.3, -0.25) is 4.79 Å². The zero-order valence-corrected chi connectivity index (χ0v) is 14.5. The standard InChI is InChI=1S/C14H16BrN3O.C2H6/c1-4-6-7-11(5-2)10(3)18-14(19)13-16-8-12(15)9-17-13;1-2/h4-10H,2H2,1,3H3,(H,18,19);1-2H3/b6-4-,11-7+;/t10-;/m1./s1. The van der Waals surface area contributed by atoms with E-state index < -0.39 is 0 Å². The summed E-state index contributed by atoms with van der Waals surface area (Å²) in [4.78, 5) is 19.8. The van der Waals surface area contributed by atoms with Crippen molar-refractivity contribution in [1.29, 1.82) is 0 Å². The molecule has 0 aliphatic carbocycles. The van der Waals surface area contributed by atoms with Crippen molar-refractivity contribution < 1.29 is 4.79 Å². The van der Waals surface area contributed by atoms with Crippen molar-refractivity contribution in [2.24, 2.45) is 0 Å². The van der Waals surface area contributed by atoms with Crippen molar-refractivity contribution in [2.45, 2.75) is 33.7 Å². The summed E-state index contributed by atoms with van der Waals surface area (Å²) in [5.74, 6) is -0.169. The Hall–Kier alpha value is -1.75. The highest BCUT2D eigenvalue weighted by molar-refractivity contribution is 9.10. The smallest absolute Gasteiger partial charge is 0.289 e. The van der Waals surface area contributed by atoms with Gasteiger partial charge < -0.3 is 5.32 Å². The summed E-state index contributed by atoms with van der Waals surface area (Å²) >= 11 is 3.22. The molecule has 1 aromatic rings. The van der Waals surface area contributed by atoms with E-state index in [0.29, 0.717) is 0 Å². The van der Waals surface area contributed by atoms with E-state index in [1.807, 2.05) is 45.9 Å². The predicted molar refractivity (Wildman–Crippen MR) is 91.1 cm³/mol. The fourth-order valence-electron chi connectivity index (χ4n) is 1.37. The molecule has 0 saturated carbocycles. The van der Waals surface area contributed by atoms with Crippen molar-refractivity contribution in [3.05, 3.63) is 59.1 Å². The number of amides is 1. The Bertz CT molecular complexity index is 507. The summed E-state index contributed by atoms with van der Waals surface area (Å²) in [5, 5.41) is 2.82. The second kappa shape index (κ2) is 11.0. The number of hydrogen-bond acceptors (Lipinski definition) is 3. The topological polar surface area (TPSA) is 54.9 Å². The third kappa shape index (κ3) is 6.99. The first-order valence-electron chi connectivity index (χ1n) is 6.82. The molecular weight excluding hydrogens is 330 g/mol. The van der Waals surface area contributed by atoms with Gasteiger partial charge in [-0.2, -0.15) is 0 Å². The van der Waals surface area contributed by atoms with Crippen LogP contribution in [0.25, 0.3) is 0 Å². The normalized spacial score (nSPS) is 12.3. The first-order valence-corrected chi connectivity index (χ1v) is 7.61. The third-order valence-corrected chi connectivity index (χ3v) is 2.80. The van der Waals surface area contributed by atoms with Gasteiger partial charge in [0, 0.05) is 12.4 Å². The number of hydrogen-bond donors (Lipinski definition) is 1. The lowest BCUT2D eigenvalue weighted by atomic mass is 10.1. The number of carbonyl (C=O) groups excluding carboxylic acids is 1. The highest BCUT2D eigenvalue weighted by Crippen LogP contribution is 2.07. The molecule has 0 saturated heterocycles. The SMILES string of the molecule is C=C/C(=C\C=C/C)[C@@H](C)NC(=O)c1ncc(Br)cn1.CC. The summed E-state index contributed by atoms with van der Waals surface area (Å²) in [6.07, 6.45) is 10.5. The van der Waals surface area contributed by atoms with Gasteiger partial charge in [-0.15, -0.1) is 0 Å². The summed E-state index contributed by atoms with van der Waals surface area (Å²) in [5.41, 5.74) is 0.920. The zero-order chi connectivity index (χ0) is 16.3. The first kappa shape index (κ1) is 19.2. The Labute approximate surface area is 135 Å². The molecule has 0 radical (unpaired) electrons. The van der Waals surface area contributed by atoms with Crippen molar-refractivity contribution >= 4 is 21.8 Å². The Morgan fingerprint density at radius 1 is 1.38 bits per heavy atom. The van der Waals surface area contributed by atoms with E-state index in [9.17, 15) is 4.79 Å². The molecule has 0 aromatic carbocycles. The van der Waals surface area contributed by atoms with Gasteiger partial charge in [0.05, 0.1) is 10.5 Å². The van der Waals surface area contributed by atoms with E-state index in [0.717, 1.165) is 10.0 Å². The molecule has 1 rings (SSSR count). The second-order valence-corrected chi connectivity index (χ2v) is 4.73. The highest BCUT2D eigenvalue weighted by Gasteiger charge is 2.13. The molecule has 0 spiro atoms. The van der Waals surface area contributed by atoms with Crippen molar-refractivity contribution in [3.8, 4) is 0 Å². The van der Waals surface area contributed by atoms with Gasteiger partial charge in [0.15, 0.2) is 0 Å². The largest absolute Gasteiger partial charge is 0.343 e. The van der Waals surface area contributed by atoms with E-state index in [1.165, 1.54) is 12.4 Å². The van der Waals surface area contributed by atoms with Gasteiger partial charge in [-0.05, 0) is 35.4 Å². The minimum atomic E-state index is -0.312. The van der Waals surface area contributed by atoms with Crippen molar-refractivity contribution in [3.63, 3.8) is 0 Å². The maximum Gasteiger partial charge on any atom is 0.289 e. The monoisotopic (exact) mass is 351 g/mol. The van der Waals surface area contributed by atoms with Gasteiger partial charge in [0.25, 0.3) is 5.91 Å². The third-order valence-electron chi connectivity index (χ3n) is 2.39. The molecule has 1 amide bonds. The fraction of sp³-hybridized carbons (Fsp3) is 0.312. The zero-order valence-electron chi connectivity index (χ0n) is 12.9. The minimum absolute atomic E-state index is 0.143. The Morgan fingerprint density at radius 3 is 2.43 bits per heavy atom. The molecule has 1 aromatic heterocycles. The summed E-state index contributed by atoms with van der Waals surface area (Å²) < 4.78 is 0.733. The molecule has 5 heteroatoms. The Balaban J connectivity index is 0.00000191. The number of halogens is 1. The van der Waals surface area contributed by atoms with Crippen LogP contribution in [0.4, 0.5) is 0 Å². The Morgan fingerprint density at radius 2 is 1.95 bits per heavy atom. The molecule has 0 bridgehead atoms. The number of allylic oxidation sites excluding steroid dienone is 3.